The van der Waals surface area contributed by atoms with Crippen molar-refractivity contribution in [2.24, 2.45) is 0 Å². The lowest BCUT2D eigenvalue weighted by Gasteiger charge is -2.11. The van der Waals surface area contributed by atoms with E-state index in [4.69, 9.17) is 0 Å². The van der Waals surface area contributed by atoms with E-state index in [-0.39, 0.29) is 11.1 Å². The van der Waals surface area contributed by atoms with Crippen molar-refractivity contribution in [1.82, 2.24) is 0 Å². The second-order valence-corrected chi connectivity index (χ2v) is 8.38. The van der Waals surface area contributed by atoms with E-state index < -0.39 is 11.9 Å². The van der Waals surface area contributed by atoms with Crippen molar-refractivity contribution in [2.45, 2.75) is 9.79 Å². The summed E-state index contributed by atoms with van der Waals surface area (Å²) in [4.78, 5) is 23.9. The second-order valence-electron chi connectivity index (χ2n) is 4.14. The zero-order chi connectivity index (χ0) is 16.5. The van der Waals surface area contributed by atoms with Crippen molar-refractivity contribution >= 4 is 59.0 Å². The Bertz CT molecular complexity index is 486. The molecule has 0 heterocycles. The van der Waals surface area contributed by atoms with Crippen molar-refractivity contribution in [2.75, 3.05) is 35.5 Å². The Kier molecular flexibility index (Phi) is 9.23. The van der Waals surface area contributed by atoms with Gasteiger partial charge in [-0.1, -0.05) is 0 Å². The number of hydrogen-bond acceptors (Lipinski definition) is 6. The predicted molar refractivity (Wildman–Crippen MR) is 98.6 cm³/mol. The van der Waals surface area contributed by atoms with Crippen molar-refractivity contribution < 1.29 is 19.8 Å². The van der Waals surface area contributed by atoms with Gasteiger partial charge in [-0.25, -0.2) is 9.59 Å². The first-order chi connectivity index (χ1) is 10.5. The largest absolute Gasteiger partial charge is 0.478 e. The number of carbonyl (C=O) groups is 2. The highest BCUT2D eigenvalue weighted by Crippen LogP contribution is 2.32. The van der Waals surface area contributed by atoms with Crippen LogP contribution in [0.4, 0.5) is 0 Å². The predicted octanol–water partition coefficient (Wildman–Crippen LogP) is 3.99. The third kappa shape index (κ3) is 5.98. The Balaban J connectivity index is 3.13. The highest BCUT2D eigenvalue weighted by atomic mass is 32.2. The van der Waals surface area contributed by atoms with Gasteiger partial charge in [0.1, 0.15) is 0 Å². The maximum atomic E-state index is 11.4. The summed E-state index contributed by atoms with van der Waals surface area (Å²) in [5, 5.41) is 18.7. The molecule has 0 bridgehead atoms. The molecule has 0 aromatic heterocycles. The van der Waals surface area contributed by atoms with Crippen LogP contribution in [0.3, 0.4) is 0 Å². The Hall–Kier alpha value is -0.440. The Morgan fingerprint density at radius 1 is 0.818 bits per heavy atom. The quantitative estimate of drug-likeness (QED) is 0.467. The van der Waals surface area contributed by atoms with Crippen LogP contribution in [0.5, 0.6) is 0 Å². The third-order valence-corrected chi connectivity index (χ3v) is 6.49. The van der Waals surface area contributed by atoms with Crippen LogP contribution in [-0.2, 0) is 0 Å². The second kappa shape index (κ2) is 10.4. The van der Waals surface area contributed by atoms with E-state index >= 15 is 0 Å². The fourth-order valence-electron chi connectivity index (χ4n) is 1.60. The van der Waals surface area contributed by atoms with Gasteiger partial charge in [0.25, 0.3) is 0 Å². The molecule has 1 aromatic carbocycles. The fourth-order valence-corrected chi connectivity index (χ4v) is 5.05. The van der Waals surface area contributed by atoms with Crippen LogP contribution in [-0.4, -0.2) is 57.7 Å². The number of carboxylic acids is 2. The van der Waals surface area contributed by atoms with Crippen LogP contribution >= 0.6 is 47.0 Å². The molecule has 1 rings (SSSR count). The first kappa shape index (κ1) is 19.6. The van der Waals surface area contributed by atoms with E-state index in [0.29, 0.717) is 9.79 Å². The summed E-state index contributed by atoms with van der Waals surface area (Å²) in [6.45, 7) is 0. The monoisotopic (exact) mass is 378 g/mol. The summed E-state index contributed by atoms with van der Waals surface area (Å²) in [7, 11) is 0. The minimum absolute atomic E-state index is 0.183. The third-order valence-electron chi connectivity index (χ3n) is 2.63. The number of hydrogen-bond donors (Lipinski definition) is 2. The van der Waals surface area contributed by atoms with Crippen LogP contribution in [0, 0.1) is 0 Å². The van der Waals surface area contributed by atoms with Crippen molar-refractivity contribution in [1.29, 1.82) is 0 Å². The average Bonchev–Trinajstić information content (AvgIpc) is 2.47. The number of carboxylic acid groups (broad SMARTS) is 2. The van der Waals surface area contributed by atoms with Crippen LogP contribution in [0.15, 0.2) is 21.9 Å². The molecule has 0 aliphatic rings. The molecular formula is C14H18O4S4. The van der Waals surface area contributed by atoms with E-state index in [1.807, 2.05) is 12.5 Å². The molecule has 122 valence electrons. The number of rotatable bonds is 10. The first-order valence-electron chi connectivity index (χ1n) is 6.39. The maximum absolute atomic E-state index is 11.4. The van der Waals surface area contributed by atoms with Gasteiger partial charge in [0.05, 0.1) is 11.1 Å². The van der Waals surface area contributed by atoms with Crippen LogP contribution in [0.25, 0.3) is 0 Å². The van der Waals surface area contributed by atoms with Crippen molar-refractivity contribution in [3.05, 3.63) is 23.3 Å². The molecule has 4 nitrogen and oxygen atoms in total. The Morgan fingerprint density at radius 3 is 1.45 bits per heavy atom. The Morgan fingerprint density at radius 2 is 1.18 bits per heavy atom. The van der Waals surface area contributed by atoms with Gasteiger partial charge in [-0.2, -0.15) is 23.5 Å². The van der Waals surface area contributed by atoms with E-state index in [0.717, 1.165) is 23.0 Å². The molecule has 0 unspecified atom stereocenters. The van der Waals surface area contributed by atoms with Gasteiger partial charge in [-0.3, -0.25) is 0 Å². The lowest BCUT2D eigenvalue weighted by atomic mass is 10.1. The average molecular weight is 379 g/mol. The number of thioether (sulfide) groups is 4. The van der Waals surface area contributed by atoms with Gasteiger partial charge in [-0.15, -0.1) is 23.5 Å². The van der Waals surface area contributed by atoms with Gasteiger partial charge in [-0.05, 0) is 24.6 Å². The van der Waals surface area contributed by atoms with E-state index in [1.165, 1.54) is 35.7 Å². The molecule has 0 saturated heterocycles. The summed E-state index contributed by atoms with van der Waals surface area (Å²) >= 11 is 6.12. The SMILES string of the molecule is CSCCSc1cc(C(=O)O)c(SCCSC)cc1C(=O)O. The molecule has 0 fully saturated rings. The Labute approximate surface area is 147 Å². The van der Waals surface area contributed by atoms with E-state index in [1.54, 1.807) is 23.5 Å². The summed E-state index contributed by atoms with van der Waals surface area (Å²) in [5.74, 6) is 1.23. The molecule has 2 N–H and O–H groups in total. The normalized spacial score (nSPS) is 10.6. The molecule has 0 spiro atoms. The minimum atomic E-state index is -1.02. The lowest BCUT2D eigenvalue weighted by Crippen LogP contribution is -2.06. The highest BCUT2D eigenvalue weighted by molar-refractivity contribution is 8.03. The zero-order valence-electron chi connectivity index (χ0n) is 12.3. The first-order valence-corrected chi connectivity index (χ1v) is 11.1. The fraction of sp³-hybridized carbons (Fsp3) is 0.429. The molecule has 0 aliphatic carbocycles. The van der Waals surface area contributed by atoms with Gasteiger partial charge < -0.3 is 10.2 Å². The van der Waals surface area contributed by atoms with Crippen LogP contribution in [0.1, 0.15) is 20.7 Å². The molecule has 0 saturated carbocycles. The highest BCUT2D eigenvalue weighted by Gasteiger charge is 2.19. The molecule has 8 heteroatoms. The lowest BCUT2D eigenvalue weighted by molar-refractivity contribution is 0.0675. The van der Waals surface area contributed by atoms with Crippen LogP contribution < -0.4 is 0 Å². The minimum Gasteiger partial charge on any atom is -0.478 e. The molecule has 0 aliphatic heterocycles. The summed E-state index contributed by atoms with van der Waals surface area (Å²) in [5.41, 5.74) is 0.366. The summed E-state index contributed by atoms with van der Waals surface area (Å²) in [6.07, 6.45) is 3.96. The molecule has 0 atom stereocenters. The summed E-state index contributed by atoms with van der Waals surface area (Å²) < 4.78 is 0. The van der Waals surface area contributed by atoms with Gasteiger partial charge in [0.15, 0.2) is 0 Å². The molecule has 22 heavy (non-hydrogen) atoms. The maximum Gasteiger partial charge on any atom is 0.336 e. The molecule has 1 aromatic rings. The summed E-state index contributed by atoms with van der Waals surface area (Å²) in [6, 6.07) is 3.00. The molecule has 0 amide bonds. The smallest absolute Gasteiger partial charge is 0.336 e. The van der Waals surface area contributed by atoms with E-state index in [2.05, 4.69) is 0 Å². The van der Waals surface area contributed by atoms with E-state index in [9.17, 15) is 19.8 Å². The van der Waals surface area contributed by atoms with Crippen molar-refractivity contribution in [3.8, 4) is 0 Å². The zero-order valence-corrected chi connectivity index (χ0v) is 15.6. The van der Waals surface area contributed by atoms with Crippen LogP contribution in [0.2, 0.25) is 0 Å². The van der Waals surface area contributed by atoms with Crippen molar-refractivity contribution in [3.63, 3.8) is 0 Å². The molecule has 0 radical (unpaired) electrons. The standard InChI is InChI=1S/C14H18O4S4/c1-19-3-5-21-11-7-10(14(17)18)12(22-6-4-20-2)8-9(11)13(15)16/h7-8H,3-6H2,1-2H3,(H,15,16)(H,17,18). The van der Waals surface area contributed by atoms with Gasteiger partial charge in [0.2, 0.25) is 0 Å². The van der Waals surface area contributed by atoms with Gasteiger partial charge >= 0.3 is 11.9 Å². The topological polar surface area (TPSA) is 74.6 Å². The number of aromatic carboxylic acids is 2. The van der Waals surface area contributed by atoms with Gasteiger partial charge in [0, 0.05) is 32.8 Å². The number of benzene rings is 1. The molecular weight excluding hydrogens is 360 g/mol.